The predicted molar refractivity (Wildman–Crippen MR) is 67.2 cm³/mol. The van der Waals surface area contributed by atoms with Gasteiger partial charge in [-0.05, 0) is 42.0 Å². The van der Waals surface area contributed by atoms with Crippen molar-refractivity contribution in [1.29, 1.82) is 0 Å². The number of carbonyl (C=O) groups is 1. The third kappa shape index (κ3) is 2.48. The van der Waals surface area contributed by atoms with Crippen molar-refractivity contribution in [3.8, 4) is 11.1 Å². The first kappa shape index (κ1) is 12.1. The summed E-state index contributed by atoms with van der Waals surface area (Å²) in [7, 11) is 0. The summed E-state index contributed by atoms with van der Waals surface area (Å²) in [6.07, 6.45) is 0.714. The predicted octanol–water partition coefficient (Wildman–Crippen LogP) is 4.61. The minimum atomic E-state index is -0.423. The number of halogens is 3. The van der Waals surface area contributed by atoms with E-state index in [0.717, 1.165) is 0 Å². The van der Waals surface area contributed by atoms with Crippen molar-refractivity contribution in [2.24, 2.45) is 0 Å². The topological polar surface area (TPSA) is 17.1 Å². The molecule has 2 aromatic carbocycles. The molecule has 17 heavy (non-hydrogen) atoms. The average Bonchev–Trinajstić information content (AvgIpc) is 2.29. The molecule has 0 atom stereocenters. The van der Waals surface area contributed by atoms with E-state index < -0.39 is 5.82 Å². The van der Waals surface area contributed by atoms with Crippen molar-refractivity contribution in [3.05, 3.63) is 57.8 Å². The molecule has 0 aliphatic rings. The third-order valence-corrected chi connectivity index (χ3v) is 2.91. The van der Waals surface area contributed by atoms with Crippen LogP contribution in [0.15, 0.2) is 36.4 Å². The standard InChI is InChI=1S/C13H7Cl2FO/c14-9-2-1-8(7-17)12(5-9)11-4-3-10(16)6-13(11)15/h1-7H. The zero-order valence-electron chi connectivity index (χ0n) is 8.58. The summed E-state index contributed by atoms with van der Waals surface area (Å²) < 4.78 is 12.9. The number of rotatable bonds is 2. The van der Waals surface area contributed by atoms with E-state index in [1.165, 1.54) is 18.2 Å². The van der Waals surface area contributed by atoms with Gasteiger partial charge in [0, 0.05) is 16.1 Å². The fourth-order valence-corrected chi connectivity index (χ4v) is 2.01. The van der Waals surface area contributed by atoms with Gasteiger partial charge in [-0.15, -0.1) is 0 Å². The van der Waals surface area contributed by atoms with Gasteiger partial charge < -0.3 is 0 Å². The molecule has 0 aliphatic carbocycles. The molecular formula is C13H7Cl2FO. The highest BCUT2D eigenvalue weighted by Gasteiger charge is 2.09. The van der Waals surface area contributed by atoms with Gasteiger partial charge >= 0.3 is 0 Å². The van der Waals surface area contributed by atoms with Crippen LogP contribution < -0.4 is 0 Å². The zero-order chi connectivity index (χ0) is 12.4. The van der Waals surface area contributed by atoms with Gasteiger partial charge in [0.05, 0.1) is 5.02 Å². The monoisotopic (exact) mass is 268 g/mol. The molecule has 0 aliphatic heterocycles. The average molecular weight is 269 g/mol. The Morgan fingerprint density at radius 2 is 1.76 bits per heavy atom. The number of benzene rings is 2. The highest BCUT2D eigenvalue weighted by Crippen LogP contribution is 2.32. The summed E-state index contributed by atoms with van der Waals surface area (Å²) in [4.78, 5) is 10.9. The summed E-state index contributed by atoms with van der Waals surface area (Å²) in [6.45, 7) is 0. The SMILES string of the molecule is O=Cc1ccc(Cl)cc1-c1ccc(F)cc1Cl. The van der Waals surface area contributed by atoms with Gasteiger partial charge in [0.1, 0.15) is 5.82 Å². The van der Waals surface area contributed by atoms with Gasteiger partial charge in [0.15, 0.2) is 6.29 Å². The van der Waals surface area contributed by atoms with Gasteiger partial charge in [-0.1, -0.05) is 23.2 Å². The van der Waals surface area contributed by atoms with Crippen LogP contribution in [0.25, 0.3) is 11.1 Å². The van der Waals surface area contributed by atoms with Gasteiger partial charge in [-0.25, -0.2) is 4.39 Å². The summed E-state index contributed by atoms with van der Waals surface area (Å²) in [5.74, 6) is -0.423. The molecule has 0 spiro atoms. The van der Waals surface area contributed by atoms with Crippen LogP contribution in [0.1, 0.15) is 10.4 Å². The Labute approximate surface area is 108 Å². The number of hydrogen-bond acceptors (Lipinski definition) is 1. The molecule has 4 heteroatoms. The van der Waals surface area contributed by atoms with Gasteiger partial charge in [0.2, 0.25) is 0 Å². The second kappa shape index (κ2) is 4.86. The van der Waals surface area contributed by atoms with Crippen LogP contribution in [0.4, 0.5) is 4.39 Å². The van der Waals surface area contributed by atoms with Crippen molar-refractivity contribution in [3.63, 3.8) is 0 Å². The summed E-state index contributed by atoms with van der Waals surface area (Å²) >= 11 is 11.8. The van der Waals surface area contributed by atoms with Crippen LogP contribution in [0.2, 0.25) is 10.0 Å². The molecule has 0 radical (unpaired) electrons. The van der Waals surface area contributed by atoms with E-state index in [1.807, 2.05) is 0 Å². The van der Waals surface area contributed by atoms with Gasteiger partial charge in [0.25, 0.3) is 0 Å². The minimum absolute atomic E-state index is 0.246. The van der Waals surface area contributed by atoms with Crippen LogP contribution in [0, 0.1) is 5.82 Å². The normalized spacial score (nSPS) is 10.3. The zero-order valence-corrected chi connectivity index (χ0v) is 10.1. The molecule has 1 nitrogen and oxygen atoms in total. The summed E-state index contributed by atoms with van der Waals surface area (Å²) in [5, 5.41) is 0.737. The Bertz CT molecular complexity index is 582. The minimum Gasteiger partial charge on any atom is -0.298 e. The van der Waals surface area contributed by atoms with Crippen molar-refractivity contribution >= 4 is 29.5 Å². The van der Waals surface area contributed by atoms with Crippen LogP contribution in [-0.4, -0.2) is 6.29 Å². The fraction of sp³-hybridized carbons (Fsp3) is 0. The molecule has 0 N–H and O–H groups in total. The van der Waals surface area contributed by atoms with Gasteiger partial charge in [-0.2, -0.15) is 0 Å². The van der Waals surface area contributed by atoms with Crippen molar-refractivity contribution in [2.45, 2.75) is 0 Å². The molecule has 2 aromatic rings. The maximum Gasteiger partial charge on any atom is 0.150 e. The van der Waals surface area contributed by atoms with Crippen LogP contribution >= 0.6 is 23.2 Å². The van der Waals surface area contributed by atoms with Crippen LogP contribution in [0.5, 0.6) is 0 Å². The lowest BCUT2D eigenvalue weighted by atomic mass is 10.0. The maximum atomic E-state index is 12.9. The van der Waals surface area contributed by atoms with E-state index in [9.17, 15) is 9.18 Å². The molecule has 0 bridgehead atoms. The van der Waals surface area contributed by atoms with E-state index in [-0.39, 0.29) is 5.02 Å². The smallest absolute Gasteiger partial charge is 0.150 e. The second-order valence-electron chi connectivity index (χ2n) is 3.47. The first-order valence-electron chi connectivity index (χ1n) is 4.82. The largest absolute Gasteiger partial charge is 0.298 e. The van der Waals surface area contributed by atoms with E-state index >= 15 is 0 Å². The molecule has 0 unspecified atom stereocenters. The van der Waals surface area contributed by atoms with E-state index in [2.05, 4.69) is 0 Å². The number of carbonyl (C=O) groups excluding carboxylic acids is 1. The molecular weight excluding hydrogens is 262 g/mol. The van der Waals surface area contributed by atoms with Crippen LogP contribution in [0.3, 0.4) is 0 Å². The summed E-state index contributed by atoms with van der Waals surface area (Å²) in [5.41, 5.74) is 1.64. The Balaban J connectivity index is 2.66. The van der Waals surface area contributed by atoms with Crippen molar-refractivity contribution in [2.75, 3.05) is 0 Å². The molecule has 86 valence electrons. The summed E-state index contributed by atoms with van der Waals surface area (Å²) in [6, 6.07) is 8.86. The lowest BCUT2D eigenvalue weighted by Gasteiger charge is -2.08. The highest BCUT2D eigenvalue weighted by molar-refractivity contribution is 6.34. The van der Waals surface area contributed by atoms with Crippen LogP contribution in [-0.2, 0) is 0 Å². The Morgan fingerprint density at radius 3 is 2.41 bits per heavy atom. The second-order valence-corrected chi connectivity index (χ2v) is 4.32. The number of aldehydes is 1. The Kier molecular flexibility index (Phi) is 3.46. The first-order chi connectivity index (χ1) is 8.11. The maximum absolute atomic E-state index is 12.9. The lowest BCUT2D eigenvalue weighted by molar-refractivity contribution is 0.112. The lowest BCUT2D eigenvalue weighted by Crippen LogP contribution is -1.89. The number of hydrogen-bond donors (Lipinski definition) is 0. The molecule has 0 aromatic heterocycles. The third-order valence-electron chi connectivity index (χ3n) is 2.36. The van der Waals surface area contributed by atoms with E-state index in [0.29, 0.717) is 28.0 Å². The molecule has 0 saturated heterocycles. The molecule has 2 rings (SSSR count). The quantitative estimate of drug-likeness (QED) is 0.727. The Morgan fingerprint density at radius 1 is 1.00 bits per heavy atom. The molecule has 0 saturated carbocycles. The molecule has 0 fully saturated rings. The van der Waals surface area contributed by atoms with Crippen molar-refractivity contribution in [1.82, 2.24) is 0 Å². The molecule has 0 amide bonds. The molecule has 0 heterocycles. The fourth-order valence-electron chi connectivity index (χ4n) is 1.57. The highest BCUT2D eigenvalue weighted by atomic mass is 35.5. The first-order valence-corrected chi connectivity index (χ1v) is 5.57. The van der Waals surface area contributed by atoms with Crippen molar-refractivity contribution < 1.29 is 9.18 Å². The van der Waals surface area contributed by atoms with E-state index in [4.69, 9.17) is 23.2 Å². The van der Waals surface area contributed by atoms with E-state index in [1.54, 1.807) is 18.2 Å². The van der Waals surface area contributed by atoms with Gasteiger partial charge in [-0.3, -0.25) is 4.79 Å². The Hall–Kier alpha value is -1.38.